The molecule has 6 nitrogen and oxygen atoms in total. The molecule has 2 rings (SSSR count). The van der Waals surface area contributed by atoms with Gasteiger partial charge in [0.05, 0.1) is 10.6 Å². The van der Waals surface area contributed by atoms with Crippen molar-refractivity contribution in [1.82, 2.24) is 5.43 Å². The summed E-state index contributed by atoms with van der Waals surface area (Å²) in [6.07, 6.45) is 0. The van der Waals surface area contributed by atoms with E-state index in [9.17, 15) is 13.2 Å². The van der Waals surface area contributed by atoms with Crippen molar-refractivity contribution < 1.29 is 13.2 Å². The molecule has 1 amide bonds. The second-order valence-electron chi connectivity index (χ2n) is 8.15. The van der Waals surface area contributed by atoms with E-state index < -0.39 is 15.9 Å². The minimum Gasteiger partial charge on any atom is -0.271 e. The maximum absolute atomic E-state index is 13.3. The third-order valence-corrected chi connectivity index (χ3v) is 6.41. The van der Waals surface area contributed by atoms with Crippen LogP contribution < -0.4 is 9.73 Å². The number of sulfonamides is 1. The van der Waals surface area contributed by atoms with E-state index in [4.69, 9.17) is 0 Å². The van der Waals surface area contributed by atoms with Crippen molar-refractivity contribution in [1.29, 1.82) is 0 Å². The number of aryl methyl sites for hydroxylation is 2. The molecular formula is C22H29N3O3S. The first kappa shape index (κ1) is 22.6. The van der Waals surface area contributed by atoms with Crippen LogP contribution in [0.15, 0.2) is 58.5 Å². The Balaban J connectivity index is 2.39. The number of nitrogens with one attached hydrogen (secondary N) is 1. The fourth-order valence-corrected chi connectivity index (χ4v) is 3.83. The van der Waals surface area contributed by atoms with Crippen LogP contribution in [0.1, 0.15) is 38.8 Å². The highest BCUT2D eigenvalue weighted by atomic mass is 32.2. The highest BCUT2D eigenvalue weighted by Crippen LogP contribution is 2.24. The number of amides is 1. The van der Waals surface area contributed by atoms with Gasteiger partial charge in [-0.2, -0.15) is 5.10 Å². The van der Waals surface area contributed by atoms with Crippen LogP contribution in [0.25, 0.3) is 0 Å². The van der Waals surface area contributed by atoms with Crippen LogP contribution in [0.5, 0.6) is 0 Å². The number of rotatable bonds is 6. The fourth-order valence-electron chi connectivity index (χ4n) is 2.42. The molecule has 0 bridgehead atoms. The Labute approximate surface area is 173 Å². The van der Waals surface area contributed by atoms with Gasteiger partial charge in [-0.1, -0.05) is 50.6 Å². The standard InChI is InChI=1S/C22H29N3O3S/c1-16-10-12-20(13-11-16)29(27,28)25(19-9-7-8-17(2)14-19)15-21(26)24-23-18(3)22(4,5)6/h7-14H,15H2,1-6H3,(H,24,26)/b23-18-. The van der Waals surface area contributed by atoms with E-state index in [-0.39, 0.29) is 16.9 Å². The minimum absolute atomic E-state index is 0.131. The molecule has 0 heterocycles. The lowest BCUT2D eigenvalue weighted by atomic mass is 9.91. The molecule has 0 fully saturated rings. The molecule has 0 radical (unpaired) electrons. The summed E-state index contributed by atoms with van der Waals surface area (Å²) >= 11 is 0. The van der Waals surface area contributed by atoms with Crippen LogP contribution in [0.4, 0.5) is 5.69 Å². The molecule has 0 aliphatic heterocycles. The summed E-state index contributed by atoms with van der Waals surface area (Å²) in [4.78, 5) is 12.7. The molecule has 0 saturated heterocycles. The van der Waals surface area contributed by atoms with Gasteiger partial charge in [-0.15, -0.1) is 0 Å². The molecule has 0 aliphatic carbocycles. The molecule has 2 aromatic carbocycles. The fraction of sp³-hybridized carbons (Fsp3) is 0.364. The van der Waals surface area contributed by atoms with Gasteiger partial charge in [0.15, 0.2) is 0 Å². The Morgan fingerprint density at radius 3 is 2.21 bits per heavy atom. The van der Waals surface area contributed by atoms with Gasteiger partial charge in [0.2, 0.25) is 0 Å². The smallest absolute Gasteiger partial charge is 0.264 e. The summed E-state index contributed by atoms with van der Waals surface area (Å²) in [5, 5.41) is 4.12. The second-order valence-corrected chi connectivity index (χ2v) is 10.0. The monoisotopic (exact) mass is 415 g/mol. The zero-order valence-electron chi connectivity index (χ0n) is 17.9. The van der Waals surface area contributed by atoms with E-state index in [1.54, 1.807) is 42.5 Å². The summed E-state index contributed by atoms with van der Waals surface area (Å²) in [6, 6.07) is 13.6. The van der Waals surface area contributed by atoms with Gasteiger partial charge in [0.25, 0.3) is 15.9 Å². The lowest BCUT2D eigenvalue weighted by molar-refractivity contribution is -0.119. The molecule has 0 saturated carbocycles. The maximum atomic E-state index is 13.3. The minimum atomic E-state index is -3.93. The summed E-state index contributed by atoms with van der Waals surface area (Å²) in [5.74, 6) is -0.509. The van der Waals surface area contributed by atoms with Crippen LogP contribution in [0.3, 0.4) is 0 Å². The molecule has 0 atom stereocenters. The quantitative estimate of drug-likeness (QED) is 0.571. The zero-order valence-corrected chi connectivity index (χ0v) is 18.7. The number of hydrazone groups is 1. The zero-order chi connectivity index (χ0) is 21.8. The van der Waals surface area contributed by atoms with Crippen molar-refractivity contribution in [3.63, 3.8) is 0 Å². The average Bonchev–Trinajstić information content (AvgIpc) is 2.63. The average molecular weight is 416 g/mol. The summed E-state index contributed by atoms with van der Waals surface area (Å²) in [7, 11) is -3.93. The topological polar surface area (TPSA) is 78.8 Å². The van der Waals surface area contributed by atoms with E-state index in [2.05, 4.69) is 10.5 Å². The summed E-state index contributed by atoms with van der Waals surface area (Å²) < 4.78 is 27.7. The molecule has 0 aliphatic rings. The first-order valence-electron chi connectivity index (χ1n) is 9.41. The summed E-state index contributed by atoms with van der Waals surface area (Å²) in [5.41, 5.74) is 5.31. The van der Waals surface area contributed by atoms with Crippen molar-refractivity contribution in [2.24, 2.45) is 10.5 Å². The third kappa shape index (κ3) is 5.90. The maximum Gasteiger partial charge on any atom is 0.264 e. The van der Waals surface area contributed by atoms with E-state index in [0.717, 1.165) is 21.1 Å². The largest absolute Gasteiger partial charge is 0.271 e. The lowest BCUT2D eigenvalue weighted by Gasteiger charge is -2.24. The van der Waals surface area contributed by atoms with Crippen molar-refractivity contribution in [2.75, 3.05) is 10.8 Å². The lowest BCUT2D eigenvalue weighted by Crippen LogP contribution is -2.40. The molecule has 156 valence electrons. The number of nitrogens with zero attached hydrogens (tertiary/aromatic N) is 2. The number of carbonyl (C=O) groups is 1. The molecule has 0 spiro atoms. The van der Waals surface area contributed by atoms with Gasteiger partial charge < -0.3 is 0 Å². The van der Waals surface area contributed by atoms with Crippen molar-refractivity contribution in [3.05, 3.63) is 59.7 Å². The van der Waals surface area contributed by atoms with Crippen LogP contribution in [0, 0.1) is 19.3 Å². The van der Waals surface area contributed by atoms with Gasteiger partial charge in [0.1, 0.15) is 6.54 Å². The summed E-state index contributed by atoms with van der Waals surface area (Å²) in [6.45, 7) is 11.2. The van der Waals surface area contributed by atoms with Gasteiger partial charge >= 0.3 is 0 Å². The van der Waals surface area contributed by atoms with Crippen LogP contribution in [-0.4, -0.2) is 26.6 Å². The van der Waals surface area contributed by atoms with Gasteiger partial charge in [-0.25, -0.2) is 13.8 Å². The van der Waals surface area contributed by atoms with Crippen LogP contribution >= 0.6 is 0 Å². The Morgan fingerprint density at radius 2 is 1.66 bits per heavy atom. The van der Waals surface area contributed by atoms with Crippen molar-refractivity contribution in [2.45, 2.75) is 46.4 Å². The van der Waals surface area contributed by atoms with Gasteiger partial charge in [0, 0.05) is 11.1 Å². The highest BCUT2D eigenvalue weighted by molar-refractivity contribution is 7.92. The van der Waals surface area contributed by atoms with E-state index >= 15 is 0 Å². The number of hydrogen-bond donors (Lipinski definition) is 1. The molecule has 0 unspecified atom stereocenters. The molecule has 2 aromatic rings. The Morgan fingerprint density at radius 1 is 1.03 bits per heavy atom. The molecule has 1 N–H and O–H groups in total. The highest BCUT2D eigenvalue weighted by Gasteiger charge is 2.27. The van der Waals surface area contributed by atoms with Crippen LogP contribution in [0.2, 0.25) is 0 Å². The number of hydrogen-bond acceptors (Lipinski definition) is 4. The third-order valence-electron chi connectivity index (χ3n) is 4.62. The predicted molar refractivity (Wildman–Crippen MR) is 118 cm³/mol. The van der Waals surface area contributed by atoms with E-state index in [1.165, 1.54) is 0 Å². The second kappa shape index (κ2) is 8.78. The van der Waals surface area contributed by atoms with Gasteiger partial charge in [-0.05, 0) is 50.6 Å². The number of anilines is 1. The Kier molecular flexibility index (Phi) is 6.85. The SMILES string of the molecule is C/C(=N/NC(=O)CN(c1cccc(C)c1)S(=O)(=O)c1ccc(C)cc1)C(C)(C)C. The Bertz CT molecular complexity index is 1000. The first-order chi connectivity index (χ1) is 13.4. The van der Waals surface area contributed by atoms with Gasteiger partial charge in [-0.3, -0.25) is 9.10 Å². The number of carbonyl (C=O) groups excluding carboxylic acids is 1. The first-order valence-corrected chi connectivity index (χ1v) is 10.8. The molecule has 29 heavy (non-hydrogen) atoms. The normalized spacial score (nSPS) is 12.6. The van der Waals surface area contributed by atoms with E-state index in [0.29, 0.717) is 5.69 Å². The molecular weight excluding hydrogens is 386 g/mol. The van der Waals surface area contributed by atoms with Crippen molar-refractivity contribution in [3.8, 4) is 0 Å². The van der Waals surface area contributed by atoms with Crippen molar-refractivity contribution >= 4 is 27.3 Å². The van der Waals surface area contributed by atoms with E-state index in [1.807, 2.05) is 47.6 Å². The Hall–Kier alpha value is -2.67. The molecule has 0 aromatic heterocycles. The predicted octanol–water partition coefficient (Wildman–Crippen LogP) is 4.04. The van der Waals surface area contributed by atoms with Crippen LogP contribution in [-0.2, 0) is 14.8 Å². The molecule has 7 heteroatoms. The number of benzene rings is 2.